The number of anilines is 2. The second-order valence-electron chi connectivity index (χ2n) is 22.5. The minimum atomic E-state index is -1.06. The average molecular weight is 1070 g/mol. The predicted octanol–water partition coefficient (Wildman–Crippen LogP) is 2.76. The SMILES string of the molecule is CCC[C@H](NC(=O)[C@@H]1[C@H]2CCC[C@H]2CN1C(=O)[C@@H](NC(=O)[C@@H](NC(=O)c1cnc(NCCOCCOCCNc2cccc3c2CN(C2CCC(=O)NC2=O)C3=O)cn1)C1CCCCC1)C(C)(C)C)C(=O)C(=O)NC1CC1. The van der Waals surface area contributed by atoms with Crippen molar-refractivity contribution in [3.8, 4) is 0 Å². The molecule has 22 heteroatoms. The van der Waals surface area contributed by atoms with Crippen molar-refractivity contribution < 1.29 is 52.6 Å². The van der Waals surface area contributed by atoms with Gasteiger partial charge in [0.2, 0.25) is 35.3 Å². The van der Waals surface area contributed by atoms with Gasteiger partial charge in [-0.2, -0.15) is 0 Å². The number of Topliss-reactive ketones (excluding diaryl/α,β-unsaturated/α-hetero) is 1. The number of carbonyl (C=O) groups excluding carboxylic acids is 9. The Morgan fingerprint density at radius 1 is 0.818 bits per heavy atom. The Balaban J connectivity index is 0.792. The van der Waals surface area contributed by atoms with E-state index in [1.165, 1.54) is 17.3 Å². The molecule has 1 unspecified atom stereocenters. The molecule has 4 heterocycles. The first-order valence-electron chi connectivity index (χ1n) is 27.8. The van der Waals surface area contributed by atoms with E-state index >= 15 is 0 Å². The first-order valence-corrected chi connectivity index (χ1v) is 27.8. The number of ketones is 1. The maximum atomic E-state index is 14.9. The highest BCUT2D eigenvalue weighted by molar-refractivity contribution is 6.38. The van der Waals surface area contributed by atoms with Crippen LogP contribution in [0.1, 0.15) is 144 Å². The minimum absolute atomic E-state index is 0.0113. The number of rotatable bonds is 25. The van der Waals surface area contributed by atoms with Crippen molar-refractivity contribution in [1.29, 1.82) is 0 Å². The Labute approximate surface area is 449 Å². The molecule has 3 aliphatic carbocycles. The smallest absolute Gasteiger partial charge is 0.289 e. The molecule has 8 amide bonds. The van der Waals surface area contributed by atoms with Gasteiger partial charge in [0, 0.05) is 55.5 Å². The molecule has 3 aliphatic heterocycles. The standard InChI is InChI=1S/C55H77N11O11/c1-5-11-39(46(68)52(73)60-34-18-19-34)61-51(72)45-35-15-9-14-33(35)30-66(45)54(75)47(55(2,3)4)64-50(71)44(32-12-7-6-8-13-32)63-48(69)40-28-59-42(29-58-40)57-23-25-77-27-26-76-24-22-56-38-17-10-16-36-37(38)31-65(53(36)74)41-20-21-43(67)62-49(41)70/h10,16-17,28-29,32-35,39,41,44-45,47,56H,5-9,11-15,18-27,30-31H2,1-4H3,(H,57,59)(H,60,73)(H,61,72)(H,63,69)(H,64,71)(H,62,67,70)/t33-,35-,39-,41?,44-,45-,47+/m0/s1. The molecule has 7 N–H and O–H groups in total. The Morgan fingerprint density at radius 3 is 2.23 bits per heavy atom. The van der Waals surface area contributed by atoms with Crippen LogP contribution in [0.15, 0.2) is 30.6 Å². The van der Waals surface area contributed by atoms with Crippen LogP contribution in [0.2, 0.25) is 0 Å². The summed E-state index contributed by atoms with van der Waals surface area (Å²) < 4.78 is 11.5. The molecule has 8 rings (SSSR count). The number of likely N-dealkylation sites (tertiary alicyclic amines) is 1. The topological polar surface area (TPSA) is 289 Å². The fourth-order valence-corrected chi connectivity index (χ4v) is 11.6. The summed E-state index contributed by atoms with van der Waals surface area (Å²) in [5, 5.41) is 20.4. The maximum absolute atomic E-state index is 14.9. The van der Waals surface area contributed by atoms with Crippen LogP contribution in [0.25, 0.3) is 0 Å². The molecule has 6 aliphatic rings. The van der Waals surface area contributed by atoms with Crippen LogP contribution in [0, 0.1) is 23.2 Å². The number of amides is 8. The molecule has 7 atom stereocenters. The lowest BCUT2D eigenvalue weighted by Gasteiger charge is -2.38. The molecule has 5 fully saturated rings. The molecule has 2 saturated heterocycles. The zero-order valence-electron chi connectivity index (χ0n) is 44.9. The van der Waals surface area contributed by atoms with Crippen molar-refractivity contribution in [2.75, 3.05) is 56.7 Å². The van der Waals surface area contributed by atoms with E-state index in [-0.39, 0.29) is 60.7 Å². The molecule has 0 spiro atoms. The highest BCUT2D eigenvalue weighted by atomic mass is 16.5. The van der Waals surface area contributed by atoms with E-state index in [4.69, 9.17) is 9.47 Å². The van der Waals surface area contributed by atoms with Gasteiger partial charge in [0.25, 0.3) is 17.7 Å². The van der Waals surface area contributed by atoms with Crippen molar-refractivity contribution in [3.63, 3.8) is 0 Å². The highest BCUT2D eigenvalue weighted by Crippen LogP contribution is 2.43. The zero-order valence-corrected chi connectivity index (χ0v) is 44.9. The van der Waals surface area contributed by atoms with Crippen molar-refractivity contribution in [2.24, 2.45) is 23.2 Å². The van der Waals surface area contributed by atoms with Gasteiger partial charge in [0.15, 0.2) is 0 Å². The summed E-state index contributed by atoms with van der Waals surface area (Å²) >= 11 is 0. The Morgan fingerprint density at radius 2 is 1.56 bits per heavy atom. The summed E-state index contributed by atoms with van der Waals surface area (Å²) in [6.07, 6.45) is 12.4. The van der Waals surface area contributed by atoms with Crippen molar-refractivity contribution in [2.45, 2.75) is 160 Å². The Kier molecular flexibility index (Phi) is 18.9. The van der Waals surface area contributed by atoms with Crippen LogP contribution >= 0.6 is 0 Å². The van der Waals surface area contributed by atoms with E-state index in [1.807, 2.05) is 33.8 Å². The van der Waals surface area contributed by atoms with Crippen LogP contribution in [0.4, 0.5) is 11.5 Å². The number of ether oxygens (including phenoxy) is 2. The molecule has 0 radical (unpaired) electrons. The summed E-state index contributed by atoms with van der Waals surface area (Å²) in [5.41, 5.74) is 1.32. The van der Waals surface area contributed by atoms with E-state index in [0.29, 0.717) is 83.1 Å². The predicted molar refractivity (Wildman–Crippen MR) is 282 cm³/mol. The molecule has 22 nitrogen and oxygen atoms in total. The van der Waals surface area contributed by atoms with Crippen LogP contribution in [0.5, 0.6) is 0 Å². The van der Waals surface area contributed by atoms with E-state index in [2.05, 4.69) is 47.2 Å². The number of hydrogen-bond acceptors (Lipinski definition) is 15. The van der Waals surface area contributed by atoms with Gasteiger partial charge in [-0.1, -0.05) is 65.9 Å². The quantitative estimate of drug-likeness (QED) is 0.0428. The largest absolute Gasteiger partial charge is 0.382 e. The number of benzene rings is 1. The Hall–Kier alpha value is -6.55. The molecular weight excluding hydrogens is 991 g/mol. The number of aromatic nitrogens is 2. The first kappa shape index (κ1) is 56.6. The van der Waals surface area contributed by atoms with Gasteiger partial charge in [-0.25, -0.2) is 9.97 Å². The number of fused-ring (bicyclic) bond motifs is 2. The molecule has 2 aromatic rings. The molecule has 418 valence electrons. The van der Waals surface area contributed by atoms with Crippen molar-refractivity contribution >= 4 is 64.5 Å². The van der Waals surface area contributed by atoms with Crippen LogP contribution in [-0.2, 0) is 49.6 Å². The first-order chi connectivity index (χ1) is 37.0. The molecule has 3 saturated carbocycles. The lowest BCUT2D eigenvalue weighted by atomic mass is 9.82. The summed E-state index contributed by atoms with van der Waals surface area (Å²) in [4.78, 5) is 133. The van der Waals surface area contributed by atoms with Crippen LogP contribution in [0.3, 0.4) is 0 Å². The number of carbonyl (C=O) groups is 9. The van der Waals surface area contributed by atoms with Gasteiger partial charge >= 0.3 is 0 Å². The third kappa shape index (κ3) is 14.1. The third-order valence-corrected chi connectivity index (χ3v) is 15.8. The van der Waals surface area contributed by atoms with Crippen molar-refractivity contribution in [1.82, 2.24) is 46.4 Å². The minimum Gasteiger partial charge on any atom is -0.382 e. The van der Waals surface area contributed by atoms with Gasteiger partial charge in [0.05, 0.1) is 44.9 Å². The average Bonchev–Trinajstić information content (AvgIpc) is 3.95. The Bertz CT molecular complexity index is 2510. The van der Waals surface area contributed by atoms with Crippen molar-refractivity contribution in [3.05, 3.63) is 47.4 Å². The van der Waals surface area contributed by atoms with E-state index < -0.39 is 76.9 Å². The van der Waals surface area contributed by atoms with Crippen LogP contribution < -0.4 is 37.2 Å². The van der Waals surface area contributed by atoms with Gasteiger partial charge in [-0.05, 0) is 86.7 Å². The summed E-state index contributed by atoms with van der Waals surface area (Å²) in [5.74, 6) is -4.21. The normalized spacial score (nSPS) is 22.5. The van der Waals surface area contributed by atoms with Gasteiger partial charge in [0.1, 0.15) is 35.7 Å². The zero-order chi connectivity index (χ0) is 54.8. The second-order valence-corrected chi connectivity index (χ2v) is 22.5. The van der Waals surface area contributed by atoms with Crippen LogP contribution in [-0.4, -0.2) is 155 Å². The second kappa shape index (κ2) is 25.7. The molecule has 1 aromatic heterocycles. The number of nitrogens with one attached hydrogen (secondary N) is 7. The number of imide groups is 1. The molecule has 77 heavy (non-hydrogen) atoms. The number of piperidine rings is 1. The van der Waals surface area contributed by atoms with Gasteiger partial charge < -0.3 is 51.2 Å². The summed E-state index contributed by atoms with van der Waals surface area (Å²) in [6, 6.07) is 0.766. The molecule has 0 bridgehead atoms. The number of hydrogen-bond donors (Lipinski definition) is 7. The lowest BCUT2D eigenvalue weighted by Crippen LogP contribution is -2.62. The highest BCUT2D eigenvalue weighted by Gasteiger charge is 2.53. The summed E-state index contributed by atoms with van der Waals surface area (Å²) in [7, 11) is 0. The van der Waals surface area contributed by atoms with Gasteiger partial charge in [-0.3, -0.25) is 48.5 Å². The molecule has 1 aromatic carbocycles. The van der Waals surface area contributed by atoms with E-state index in [0.717, 1.165) is 62.6 Å². The fourth-order valence-electron chi connectivity index (χ4n) is 11.6. The van der Waals surface area contributed by atoms with Gasteiger partial charge in [-0.15, -0.1) is 0 Å². The maximum Gasteiger partial charge on any atom is 0.289 e. The molecular formula is C55H77N11O11. The summed E-state index contributed by atoms with van der Waals surface area (Å²) in [6.45, 7) is 10.3. The van der Waals surface area contributed by atoms with E-state index in [9.17, 15) is 43.2 Å². The van der Waals surface area contributed by atoms with E-state index in [1.54, 1.807) is 17.0 Å². The fraction of sp³-hybridized carbons (Fsp3) is 0.655. The monoisotopic (exact) mass is 1070 g/mol. The third-order valence-electron chi connectivity index (χ3n) is 15.8. The lowest BCUT2D eigenvalue weighted by molar-refractivity contribution is -0.146. The number of nitrogens with zero attached hydrogens (tertiary/aromatic N) is 4.